The third-order valence-electron chi connectivity index (χ3n) is 6.13. The number of aromatic nitrogens is 1. The molecule has 1 aromatic heterocycles. The first-order valence-corrected chi connectivity index (χ1v) is 10.8. The van der Waals surface area contributed by atoms with Crippen LogP contribution in [0.5, 0.6) is 0 Å². The van der Waals surface area contributed by atoms with Crippen LogP contribution in [0.15, 0.2) is 59.6 Å². The predicted octanol–water partition coefficient (Wildman–Crippen LogP) is 2.99. The van der Waals surface area contributed by atoms with E-state index in [9.17, 15) is 27.9 Å². The van der Waals surface area contributed by atoms with Gasteiger partial charge >= 0.3 is 12.1 Å². The highest BCUT2D eigenvalue weighted by Crippen LogP contribution is 2.39. The second-order valence-corrected chi connectivity index (χ2v) is 8.37. The number of fused-ring (bicyclic) bond motifs is 2. The molecule has 3 aliphatic heterocycles. The molecule has 1 aromatic rings. The Bertz CT molecular complexity index is 1160. The van der Waals surface area contributed by atoms with Gasteiger partial charge in [0.1, 0.15) is 12.8 Å². The van der Waals surface area contributed by atoms with Gasteiger partial charge in [0.2, 0.25) is 0 Å². The Morgan fingerprint density at radius 2 is 2.12 bits per heavy atom. The minimum atomic E-state index is -4.62. The molecule has 8 nitrogen and oxygen atoms in total. The average Bonchev–Trinajstić information content (AvgIpc) is 3.27. The first-order valence-electron chi connectivity index (χ1n) is 10.8. The van der Waals surface area contributed by atoms with Crippen molar-refractivity contribution in [3.63, 3.8) is 0 Å². The Balaban J connectivity index is 1.57. The van der Waals surface area contributed by atoms with Crippen molar-refractivity contribution in [3.05, 3.63) is 70.9 Å². The van der Waals surface area contributed by atoms with E-state index in [1.807, 2.05) is 0 Å². The van der Waals surface area contributed by atoms with Crippen LogP contribution in [0.1, 0.15) is 35.3 Å². The summed E-state index contributed by atoms with van der Waals surface area (Å²) in [6.07, 6.45) is 5.22. The van der Waals surface area contributed by atoms with Crippen LogP contribution in [-0.2, 0) is 9.53 Å². The molecule has 2 unspecified atom stereocenters. The van der Waals surface area contributed by atoms with E-state index in [-0.39, 0.29) is 23.1 Å². The minimum absolute atomic E-state index is 0.138. The number of carbonyl (C=O) groups is 2. The summed E-state index contributed by atoms with van der Waals surface area (Å²) in [5.74, 6) is -2.02. The standard InChI is InChI=1S/C23H21F3N4O4/c24-23(25,26)12-29-17-10-13(14-4-3-8-27-20(14)22(32)33)6-7-15(17)19-16(21(29)31)11-30(28-19)18-5-1-2-9-34-18/h3-4,6-8,10-11,17-18,28H,1-2,5,9,12H2,(H,32,33). The van der Waals surface area contributed by atoms with Gasteiger partial charge < -0.3 is 14.7 Å². The van der Waals surface area contributed by atoms with Gasteiger partial charge in [-0.3, -0.25) is 15.2 Å². The number of halogens is 3. The largest absolute Gasteiger partial charge is 0.476 e. The summed E-state index contributed by atoms with van der Waals surface area (Å²) in [4.78, 5) is 29.5. The lowest BCUT2D eigenvalue weighted by Gasteiger charge is -2.38. The Kier molecular flexibility index (Phi) is 5.43. The van der Waals surface area contributed by atoms with Gasteiger partial charge in [0.25, 0.3) is 5.91 Å². The Labute approximate surface area is 192 Å². The molecular weight excluding hydrogens is 453 g/mol. The molecule has 2 atom stereocenters. The highest BCUT2D eigenvalue weighted by Gasteiger charge is 2.45. The van der Waals surface area contributed by atoms with Gasteiger partial charge in [0.05, 0.1) is 17.3 Å². The van der Waals surface area contributed by atoms with Crippen LogP contribution < -0.4 is 5.43 Å². The number of nitrogens with one attached hydrogen (secondary N) is 1. The fraction of sp³-hybridized carbons (Fsp3) is 0.348. The highest BCUT2D eigenvalue weighted by atomic mass is 19.4. The number of aromatic carboxylic acids is 1. The first-order chi connectivity index (χ1) is 16.2. The molecule has 1 amide bonds. The summed E-state index contributed by atoms with van der Waals surface area (Å²) >= 11 is 0. The van der Waals surface area contributed by atoms with Crippen LogP contribution in [0.4, 0.5) is 13.2 Å². The topological polar surface area (TPSA) is 95.0 Å². The highest BCUT2D eigenvalue weighted by molar-refractivity contribution is 6.02. The summed E-state index contributed by atoms with van der Waals surface area (Å²) < 4.78 is 46.2. The van der Waals surface area contributed by atoms with E-state index in [0.717, 1.165) is 24.2 Å². The van der Waals surface area contributed by atoms with Crippen LogP contribution in [0.25, 0.3) is 5.57 Å². The quantitative estimate of drug-likeness (QED) is 0.693. The predicted molar refractivity (Wildman–Crippen MR) is 114 cm³/mol. The summed E-state index contributed by atoms with van der Waals surface area (Å²) in [6.45, 7) is -0.876. The Hall–Kier alpha value is -3.60. The molecule has 0 radical (unpaired) electrons. The number of allylic oxidation sites excluding steroid dienone is 2. The van der Waals surface area contributed by atoms with E-state index >= 15 is 0 Å². The van der Waals surface area contributed by atoms with Crippen molar-refractivity contribution in [1.29, 1.82) is 0 Å². The van der Waals surface area contributed by atoms with E-state index < -0.39 is 30.6 Å². The van der Waals surface area contributed by atoms with Gasteiger partial charge in [0, 0.05) is 30.1 Å². The van der Waals surface area contributed by atoms with Crippen LogP contribution in [-0.4, -0.2) is 63.5 Å². The lowest BCUT2D eigenvalue weighted by molar-refractivity contribution is -0.160. The van der Waals surface area contributed by atoms with E-state index in [4.69, 9.17) is 4.74 Å². The molecule has 34 heavy (non-hydrogen) atoms. The molecule has 1 fully saturated rings. The van der Waals surface area contributed by atoms with Crippen molar-refractivity contribution in [1.82, 2.24) is 20.3 Å². The lowest BCUT2D eigenvalue weighted by Crippen LogP contribution is -2.50. The molecule has 0 aromatic carbocycles. The van der Waals surface area contributed by atoms with Gasteiger partial charge in [-0.1, -0.05) is 18.2 Å². The summed E-state index contributed by atoms with van der Waals surface area (Å²) in [5.41, 5.74) is 4.60. The second-order valence-electron chi connectivity index (χ2n) is 8.37. The summed E-state index contributed by atoms with van der Waals surface area (Å²) in [5, 5.41) is 11.1. The fourth-order valence-corrected chi connectivity index (χ4v) is 4.62. The smallest absolute Gasteiger partial charge is 0.406 e. The molecule has 11 heteroatoms. The van der Waals surface area contributed by atoms with Crippen molar-refractivity contribution in [2.75, 3.05) is 13.2 Å². The van der Waals surface area contributed by atoms with Crippen LogP contribution in [0, 0.1) is 0 Å². The SMILES string of the molecule is O=C(O)c1ncccc1C1=CC2C(=C3NN(C4CCCCO4)C=C3C(=O)N2CC(F)(F)F)C=C1. The van der Waals surface area contributed by atoms with E-state index in [1.165, 1.54) is 24.5 Å². The second kappa shape index (κ2) is 8.32. The van der Waals surface area contributed by atoms with E-state index in [0.29, 0.717) is 23.5 Å². The number of amides is 1. The maximum atomic E-state index is 13.5. The molecule has 0 saturated carbocycles. The first kappa shape index (κ1) is 22.2. The number of hydrazine groups is 1. The maximum absolute atomic E-state index is 13.5. The zero-order valence-corrected chi connectivity index (χ0v) is 17.9. The van der Waals surface area contributed by atoms with Crippen molar-refractivity contribution < 1.29 is 32.6 Å². The molecule has 178 valence electrons. The minimum Gasteiger partial charge on any atom is -0.476 e. The van der Waals surface area contributed by atoms with Gasteiger partial charge in [-0.05, 0) is 37.0 Å². The van der Waals surface area contributed by atoms with Crippen molar-refractivity contribution in [3.8, 4) is 0 Å². The van der Waals surface area contributed by atoms with Crippen molar-refractivity contribution in [2.45, 2.75) is 37.7 Å². The molecular formula is C23H21F3N4O4. The molecule has 0 spiro atoms. The van der Waals surface area contributed by atoms with Gasteiger partial charge in [-0.2, -0.15) is 13.2 Å². The third kappa shape index (κ3) is 3.96. The van der Waals surface area contributed by atoms with E-state index in [1.54, 1.807) is 23.2 Å². The normalized spacial score (nSPS) is 24.4. The van der Waals surface area contributed by atoms with Crippen LogP contribution in [0.3, 0.4) is 0 Å². The number of pyridine rings is 1. The molecule has 2 N–H and O–H groups in total. The summed E-state index contributed by atoms with van der Waals surface area (Å²) in [6, 6.07) is 2.04. The average molecular weight is 474 g/mol. The number of ether oxygens (including phenoxy) is 1. The van der Waals surface area contributed by atoms with E-state index in [2.05, 4.69) is 10.4 Å². The Morgan fingerprint density at radius 3 is 2.82 bits per heavy atom. The molecule has 4 heterocycles. The molecule has 4 aliphatic rings. The maximum Gasteiger partial charge on any atom is 0.406 e. The monoisotopic (exact) mass is 474 g/mol. The number of hydrogen-bond donors (Lipinski definition) is 2. The van der Waals surface area contributed by atoms with Gasteiger partial charge in [-0.25, -0.2) is 9.78 Å². The molecule has 0 bridgehead atoms. The number of carbonyl (C=O) groups excluding carboxylic acids is 1. The molecule has 1 saturated heterocycles. The van der Waals surface area contributed by atoms with Gasteiger partial charge in [0.15, 0.2) is 5.69 Å². The van der Waals surface area contributed by atoms with Crippen LogP contribution in [0.2, 0.25) is 0 Å². The number of carboxylic acids is 1. The molecule has 5 rings (SSSR count). The molecule has 1 aliphatic carbocycles. The van der Waals surface area contributed by atoms with Crippen LogP contribution >= 0.6 is 0 Å². The van der Waals surface area contributed by atoms with Crippen molar-refractivity contribution >= 4 is 17.4 Å². The fourth-order valence-electron chi connectivity index (χ4n) is 4.62. The van der Waals surface area contributed by atoms with Gasteiger partial charge in [-0.15, -0.1) is 0 Å². The zero-order valence-electron chi connectivity index (χ0n) is 17.9. The zero-order chi connectivity index (χ0) is 24.0. The number of hydrogen-bond acceptors (Lipinski definition) is 6. The summed E-state index contributed by atoms with van der Waals surface area (Å²) in [7, 11) is 0. The lowest BCUT2D eigenvalue weighted by atomic mass is 9.86. The number of carboxylic acid groups (broad SMARTS) is 1. The van der Waals surface area contributed by atoms with Crippen molar-refractivity contribution in [2.24, 2.45) is 0 Å². The Morgan fingerprint density at radius 1 is 1.29 bits per heavy atom. The number of nitrogens with zero attached hydrogens (tertiary/aromatic N) is 3. The number of alkyl halides is 3. The third-order valence-corrected chi connectivity index (χ3v) is 6.13. The number of rotatable bonds is 4.